The highest BCUT2D eigenvalue weighted by molar-refractivity contribution is 6.37. The van der Waals surface area contributed by atoms with Gasteiger partial charge in [0.15, 0.2) is 17.1 Å². The Balaban J connectivity index is 0.000000141. The van der Waals surface area contributed by atoms with E-state index in [0.29, 0.717) is 82.5 Å². The first kappa shape index (κ1) is 79.7. The molecular weight excluding hydrogens is 1550 g/mol. The minimum Gasteiger partial charge on any atom is -0.497 e. The van der Waals surface area contributed by atoms with Crippen molar-refractivity contribution < 1.29 is 28.2 Å². The van der Waals surface area contributed by atoms with Crippen LogP contribution in [0.1, 0.15) is 196 Å². The number of methoxy groups -OCH3 is 2. The molecular formula is C89H85Cl6FN12O5. The molecule has 24 heteroatoms. The van der Waals surface area contributed by atoms with Crippen molar-refractivity contribution in [3.63, 3.8) is 0 Å². The highest BCUT2D eigenvalue weighted by Gasteiger charge is 2.39. The first-order valence-electron chi connectivity index (χ1n) is 38.2. The van der Waals surface area contributed by atoms with Gasteiger partial charge in [0.05, 0.1) is 86.9 Å². The van der Waals surface area contributed by atoms with Crippen LogP contribution in [0.4, 0.5) is 4.39 Å². The predicted octanol–water partition coefficient (Wildman–Crippen LogP) is 21.6. The number of carbonyl (C=O) groups is 3. The fraction of sp³-hybridized carbons (Fsp3) is 0.281. The summed E-state index contributed by atoms with van der Waals surface area (Å²) in [5, 5.41) is 25.8. The van der Waals surface area contributed by atoms with Gasteiger partial charge in [0.2, 0.25) is 0 Å². The number of allylic oxidation sites excluding steroid dienone is 3. The lowest BCUT2D eigenvalue weighted by Crippen LogP contribution is -2.41. The van der Waals surface area contributed by atoms with Crippen LogP contribution in [0.5, 0.6) is 11.5 Å². The molecule has 6 aromatic carbocycles. The zero-order chi connectivity index (χ0) is 78.8. The summed E-state index contributed by atoms with van der Waals surface area (Å²) >= 11 is 38.5. The number of nitrogens with zero attached hydrogens (tertiary/aromatic N) is 9. The summed E-state index contributed by atoms with van der Waals surface area (Å²) < 4.78 is 29.6. The van der Waals surface area contributed by atoms with Crippen LogP contribution in [0, 0.1) is 17.7 Å². The number of benzene rings is 6. The second-order valence-electron chi connectivity index (χ2n) is 29.0. The Labute approximate surface area is 687 Å². The summed E-state index contributed by atoms with van der Waals surface area (Å²) in [6.07, 6.45) is 24.2. The van der Waals surface area contributed by atoms with Crippen molar-refractivity contribution in [1.29, 1.82) is 0 Å². The van der Waals surface area contributed by atoms with Crippen LogP contribution < -0.4 is 25.5 Å². The molecule has 11 aromatic rings. The van der Waals surface area contributed by atoms with Crippen LogP contribution in [-0.2, 0) is 19.3 Å². The van der Waals surface area contributed by atoms with Crippen LogP contribution >= 0.6 is 69.6 Å². The van der Waals surface area contributed by atoms with E-state index in [-0.39, 0.29) is 35.6 Å². The van der Waals surface area contributed by atoms with Crippen molar-refractivity contribution >= 4 is 122 Å². The minimum absolute atomic E-state index is 0.143. The minimum atomic E-state index is -0.298. The molecule has 2 unspecified atom stereocenters. The highest BCUT2D eigenvalue weighted by Crippen LogP contribution is 2.43. The van der Waals surface area contributed by atoms with E-state index in [1.54, 1.807) is 84.5 Å². The smallest absolute Gasteiger partial charge is 0.286 e. The number of rotatable bonds is 16. The van der Waals surface area contributed by atoms with Crippen molar-refractivity contribution in [3.8, 4) is 28.6 Å². The summed E-state index contributed by atoms with van der Waals surface area (Å²) in [6.45, 7) is 5.66. The van der Waals surface area contributed by atoms with Gasteiger partial charge in [0.1, 0.15) is 17.3 Å². The number of hydrogen-bond donors (Lipinski definition) is 3. The number of ether oxygens (including phenoxy) is 2. The molecule has 4 aliphatic carbocycles. The summed E-state index contributed by atoms with van der Waals surface area (Å²) in [5.41, 5.74) is 19.6. The molecule has 5 aromatic heterocycles. The van der Waals surface area contributed by atoms with E-state index < -0.39 is 0 Å². The fourth-order valence-electron chi connectivity index (χ4n) is 15.7. The van der Waals surface area contributed by atoms with Gasteiger partial charge >= 0.3 is 0 Å². The van der Waals surface area contributed by atoms with E-state index in [9.17, 15) is 18.8 Å². The molecule has 4 atom stereocenters. The van der Waals surface area contributed by atoms with E-state index in [1.807, 2.05) is 128 Å². The molecule has 16 rings (SSSR count). The van der Waals surface area contributed by atoms with Gasteiger partial charge < -0.3 is 20.1 Å². The zero-order valence-corrected chi connectivity index (χ0v) is 67.6. The Hall–Kier alpha value is -9.89. The van der Waals surface area contributed by atoms with Crippen molar-refractivity contribution in [2.75, 3.05) is 27.3 Å². The lowest BCUT2D eigenvalue weighted by molar-refractivity contribution is 0.0806. The first-order valence-corrected chi connectivity index (χ1v) is 40.5. The second-order valence-corrected chi connectivity index (χ2v) is 31.5. The predicted molar refractivity (Wildman–Crippen MR) is 450 cm³/mol. The van der Waals surface area contributed by atoms with Gasteiger partial charge in [-0.2, -0.15) is 15.3 Å². The Morgan fingerprint density at radius 2 is 0.788 bits per heavy atom. The number of nitrogens with one attached hydrogen (secondary N) is 3. The standard InChI is InChI=1S/C30H32Cl2N4O2.C30H28Cl2N4O2.C29H25Cl2FN4O/c1-38-24-12-9-19(10-13-24)15-20-5-2-3-8-25-28(30(37)34-35-17-21-6-4-7-22(21)18-35)33-36(29(20)25)27-14-11-23(31)16-26(27)32;1-19(26-9-5-6-16-33-26)34-30(37)28-24-8-4-3-7-21(17-20-10-13-23(38-2)14-11-20)29(24)36(35-28)27-15-12-22(31)18-25(27)32;1-18(25-8-4-5-15-33-25)34-29(37)27-23-7-3-2-6-20(16-19-9-12-22(32)13-10-19)28(23)36(35-27)26-14-11-21(30)17-24(26)31/h9-16,21-22H,2-8,17-18H2,1H3,(H,34,37);5-6,9-19H,3-4,7-8H2,1-2H3,(H,34,37);4-5,8-18H,2-3,6-7H2,1H3,(H,34,37)/b20-15+;21-17+;20-16+/t;19-;18-/m.11/s1. The Kier molecular flexibility index (Phi) is 25.8. The molecule has 113 heavy (non-hydrogen) atoms. The van der Waals surface area contributed by atoms with Crippen molar-refractivity contribution in [3.05, 3.63) is 291 Å². The Morgan fingerprint density at radius 3 is 1.12 bits per heavy atom. The summed E-state index contributed by atoms with van der Waals surface area (Å²) in [6, 6.07) is 48.9. The first-order chi connectivity index (χ1) is 54.8. The number of hydrazine groups is 1. The zero-order valence-electron chi connectivity index (χ0n) is 63.0. The summed E-state index contributed by atoms with van der Waals surface area (Å²) in [7, 11) is 3.32. The van der Waals surface area contributed by atoms with Crippen LogP contribution in [-0.4, -0.2) is 89.3 Å². The molecule has 0 radical (unpaired) electrons. The van der Waals surface area contributed by atoms with Gasteiger partial charge in [0, 0.05) is 57.2 Å². The maximum Gasteiger partial charge on any atom is 0.286 e. The Bertz CT molecular complexity index is 5370. The molecule has 1 aliphatic heterocycles. The normalized spacial score (nSPS) is 17.5. The lowest BCUT2D eigenvalue weighted by atomic mass is 10.0. The van der Waals surface area contributed by atoms with Crippen molar-refractivity contribution in [2.45, 2.75) is 122 Å². The third kappa shape index (κ3) is 18.7. The quantitative estimate of drug-likeness (QED) is 0.0781. The average molecular weight is 1630 g/mol. The van der Waals surface area contributed by atoms with Gasteiger partial charge in [-0.15, -0.1) is 0 Å². The lowest BCUT2D eigenvalue weighted by Gasteiger charge is -2.17. The van der Waals surface area contributed by atoms with Crippen molar-refractivity contribution in [2.24, 2.45) is 11.8 Å². The van der Waals surface area contributed by atoms with Gasteiger partial charge in [-0.3, -0.25) is 29.8 Å². The maximum atomic E-state index is 13.7. The third-order valence-corrected chi connectivity index (χ3v) is 23.0. The number of halogens is 7. The van der Waals surface area contributed by atoms with Gasteiger partial charge in [-0.25, -0.2) is 23.4 Å². The number of carbonyl (C=O) groups excluding carboxylic acids is 3. The SMILES string of the molecule is COc1ccc(/C=C2\CCCCc3c(C(=O)NN4CC5CCCC5C4)nn(-c4ccc(Cl)cc4Cl)c32)cc1.COc1ccc(/C=C2\CCCCc3c(C(=O)N[C@H](C)c4ccccn4)nn(-c4ccc(Cl)cc4Cl)c32)cc1.C[C@@H](NC(=O)c1nn(-c2ccc(Cl)cc2Cl)c2c1CCCC/C2=C\c1ccc(F)cc1)c1ccccn1. The highest BCUT2D eigenvalue weighted by atomic mass is 35.5. The van der Waals surface area contributed by atoms with Gasteiger partial charge in [-0.1, -0.05) is 125 Å². The summed E-state index contributed by atoms with van der Waals surface area (Å²) in [4.78, 5) is 49.6. The third-order valence-electron chi connectivity index (χ3n) is 21.4. The van der Waals surface area contributed by atoms with E-state index in [2.05, 4.69) is 43.2 Å². The molecule has 3 amide bonds. The molecule has 3 N–H and O–H groups in total. The van der Waals surface area contributed by atoms with Crippen LogP contribution in [0.3, 0.4) is 0 Å². The second kappa shape index (κ2) is 36.5. The van der Waals surface area contributed by atoms with E-state index in [4.69, 9.17) is 94.4 Å². The topological polar surface area (TPSA) is 188 Å². The summed E-state index contributed by atoms with van der Waals surface area (Å²) in [5.74, 6) is 2.05. The van der Waals surface area contributed by atoms with Gasteiger partial charge in [-0.05, 0) is 282 Å². The number of hydrogen-bond acceptors (Lipinski definition) is 11. The largest absolute Gasteiger partial charge is 0.497 e. The van der Waals surface area contributed by atoms with Crippen molar-refractivity contribution in [1.82, 2.24) is 60.4 Å². The van der Waals surface area contributed by atoms with Gasteiger partial charge in [0.25, 0.3) is 17.7 Å². The van der Waals surface area contributed by atoms with Crippen LogP contribution in [0.15, 0.2) is 176 Å². The molecule has 5 aliphatic rings. The number of amides is 3. The molecule has 1 saturated heterocycles. The number of pyridine rings is 2. The fourth-order valence-corrected chi connectivity index (χ4v) is 17.2. The van der Waals surface area contributed by atoms with Crippen LogP contribution in [0.25, 0.3) is 52.0 Å². The number of aromatic nitrogens is 8. The molecule has 1 saturated carbocycles. The van der Waals surface area contributed by atoms with Crippen LogP contribution in [0.2, 0.25) is 30.1 Å². The maximum absolute atomic E-state index is 13.7. The molecule has 2 fully saturated rings. The molecule has 580 valence electrons. The van der Waals surface area contributed by atoms with E-state index >= 15 is 0 Å². The monoisotopic (exact) mass is 1630 g/mol. The van der Waals surface area contributed by atoms with E-state index in [1.165, 1.54) is 31.4 Å². The Morgan fingerprint density at radius 1 is 0.442 bits per heavy atom. The molecule has 0 bridgehead atoms. The van der Waals surface area contributed by atoms with E-state index in [0.717, 1.165) is 174 Å². The number of fused-ring (bicyclic) bond motifs is 4. The molecule has 6 heterocycles. The molecule has 0 spiro atoms. The average Bonchev–Trinajstić information content (AvgIpc) is 1.63. The molecule has 17 nitrogen and oxygen atoms in total.